The Kier molecular flexibility index (Phi) is 2.59. The van der Waals surface area contributed by atoms with Crippen molar-refractivity contribution in [2.75, 3.05) is 11.1 Å². The molecule has 2 rings (SSSR count). The number of amides is 1. The Morgan fingerprint density at radius 1 is 1.38 bits per heavy atom. The summed E-state index contributed by atoms with van der Waals surface area (Å²) in [4.78, 5) is 11.8. The minimum absolute atomic E-state index is 0.0333. The summed E-state index contributed by atoms with van der Waals surface area (Å²) in [5.74, 6) is -0.284. The number of para-hydroxylation sites is 1. The van der Waals surface area contributed by atoms with Crippen LogP contribution in [-0.2, 0) is 0 Å². The third-order valence-corrected chi connectivity index (χ3v) is 2.15. The fraction of sp³-hybridized carbons (Fsp3) is 0.0909. The SMILES string of the molecule is Cc1noc(N)c1C(=O)Nc1ccccc1. The van der Waals surface area contributed by atoms with Crippen LogP contribution in [0.5, 0.6) is 0 Å². The second kappa shape index (κ2) is 4.06. The lowest BCUT2D eigenvalue weighted by atomic mass is 10.2. The van der Waals surface area contributed by atoms with Crippen molar-refractivity contribution in [2.45, 2.75) is 6.92 Å². The lowest BCUT2D eigenvalue weighted by Gasteiger charge is -2.03. The Labute approximate surface area is 92.2 Å². The van der Waals surface area contributed by atoms with E-state index in [1.807, 2.05) is 18.2 Å². The maximum absolute atomic E-state index is 11.8. The van der Waals surface area contributed by atoms with Crippen molar-refractivity contribution in [3.8, 4) is 0 Å². The molecule has 0 unspecified atom stereocenters. The molecule has 82 valence electrons. The average Bonchev–Trinajstić information content (AvgIpc) is 2.60. The number of benzene rings is 1. The maximum Gasteiger partial charge on any atom is 0.263 e. The summed E-state index contributed by atoms with van der Waals surface area (Å²) in [5.41, 5.74) is 6.97. The Balaban J connectivity index is 2.22. The molecule has 16 heavy (non-hydrogen) atoms. The molecule has 1 aromatic carbocycles. The Bertz CT molecular complexity index is 486. The number of nitrogens with zero attached hydrogens (tertiary/aromatic N) is 1. The molecule has 0 atom stereocenters. The molecule has 3 N–H and O–H groups in total. The Morgan fingerprint density at radius 3 is 2.62 bits per heavy atom. The number of nitrogens with one attached hydrogen (secondary N) is 1. The maximum atomic E-state index is 11.8. The van der Waals surface area contributed by atoms with Gasteiger partial charge in [-0.2, -0.15) is 0 Å². The minimum Gasteiger partial charge on any atom is -0.367 e. The molecule has 0 spiro atoms. The van der Waals surface area contributed by atoms with Gasteiger partial charge in [0, 0.05) is 5.69 Å². The normalized spacial score (nSPS) is 10.1. The Hall–Kier alpha value is -2.30. The first-order chi connectivity index (χ1) is 7.68. The second-order valence-electron chi connectivity index (χ2n) is 3.33. The van der Waals surface area contributed by atoms with E-state index in [1.165, 1.54) is 0 Å². The lowest BCUT2D eigenvalue weighted by Crippen LogP contribution is -2.13. The van der Waals surface area contributed by atoms with Crippen LogP contribution >= 0.6 is 0 Å². The van der Waals surface area contributed by atoms with Crippen molar-refractivity contribution < 1.29 is 9.32 Å². The van der Waals surface area contributed by atoms with Gasteiger partial charge in [-0.1, -0.05) is 23.4 Å². The second-order valence-corrected chi connectivity index (χ2v) is 3.33. The fourth-order valence-corrected chi connectivity index (χ4v) is 1.38. The van der Waals surface area contributed by atoms with Crippen LogP contribution in [-0.4, -0.2) is 11.1 Å². The van der Waals surface area contributed by atoms with Crippen LogP contribution in [0, 0.1) is 6.92 Å². The zero-order chi connectivity index (χ0) is 11.5. The highest BCUT2D eigenvalue weighted by atomic mass is 16.5. The van der Waals surface area contributed by atoms with Gasteiger partial charge in [0.15, 0.2) is 0 Å². The standard InChI is InChI=1S/C11H11N3O2/c1-7-9(10(12)16-14-7)11(15)13-8-5-3-2-4-6-8/h2-6H,12H2,1H3,(H,13,15). The summed E-state index contributed by atoms with van der Waals surface area (Å²) in [6.45, 7) is 1.67. The van der Waals surface area contributed by atoms with Gasteiger partial charge in [-0.25, -0.2) is 0 Å². The van der Waals surface area contributed by atoms with Gasteiger partial charge < -0.3 is 15.6 Å². The van der Waals surface area contributed by atoms with Crippen molar-refractivity contribution in [1.82, 2.24) is 5.16 Å². The number of rotatable bonds is 2. The van der Waals surface area contributed by atoms with Crippen molar-refractivity contribution in [3.63, 3.8) is 0 Å². The summed E-state index contributed by atoms with van der Waals surface area (Å²) in [6, 6.07) is 9.11. The first-order valence-electron chi connectivity index (χ1n) is 4.76. The molecule has 2 aromatic rings. The molecule has 0 bridgehead atoms. The van der Waals surface area contributed by atoms with Crippen LogP contribution in [0.2, 0.25) is 0 Å². The molecule has 5 heteroatoms. The van der Waals surface area contributed by atoms with Gasteiger partial charge in [0.05, 0.1) is 5.69 Å². The number of anilines is 2. The molecule has 0 aliphatic rings. The molecule has 1 aromatic heterocycles. The molecule has 5 nitrogen and oxygen atoms in total. The van der Waals surface area contributed by atoms with E-state index in [2.05, 4.69) is 10.5 Å². The highest BCUT2D eigenvalue weighted by Gasteiger charge is 2.18. The highest BCUT2D eigenvalue weighted by Crippen LogP contribution is 2.17. The van der Waals surface area contributed by atoms with Gasteiger partial charge in [-0.3, -0.25) is 4.79 Å². The zero-order valence-corrected chi connectivity index (χ0v) is 8.73. The number of aryl methyl sites for hydroxylation is 1. The largest absolute Gasteiger partial charge is 0.367 e. The van der Waals surface area contributed by atoms with Crippen LogP contribution in [0.15, 0.2) is 34.9 Å². The van der Waals surface area contributed by atoms with E-state index in [0.717, 1.165) is 0 Å². The molecule has 0 aliphatic carbocycles. The van der Waals surface area contributed by atoms with Gasteiger partial charge in [-0.15, -0.1) is 0 Å². The topological polar surface area (TPSA) is 81.2 Å². The minimum atomic E-state index is -0.317. The van der Waals surface area contributed by atoms with Gasteiger partial charge in [0.2, 0.25) is 5.88 Å². The zero-order valence-electron chi connectivity index (χ0n) is 8.73. The molecule has 0 saturated heterocycles. The van der Waals surface area contributed by atoms with E-state index in [4.69, 9.17) is 10.3 Å². The van der Waals surface area contributed by atoms with E-state index in [0.29, 0.717) is 11.4 Å². The number of hydrogen-bond acceptors (Lipinski definition) is 4. The van der Waals surface area contributed by atoms with E-state index in [9.17, 15) is 4.79 Å². The van der Waals surface area contributed by atoms with Crippen LogP contribution in [0.4, 0.5) is 11.6 Å². The number of nitrogens with two attached hydrogens (primary N) is 1. The summed E-state index contributed by atoms with van der Waals surface area (Å²) in [5, 5.41) is 6.33. The van der Waals surface area contributed by atoms with E-state index >= 15 is 0 Å². The van der Waals surface area contributed by atoms with Crippen LogP contribution in [0.3, 0.4) is 0 Å². The average molecular weight is 217 g/mol. The Morgan fingerprint density at radius 2 is 2.06 bits per heavy atom. The van der Waals surface area contributed by atoms with Gasteiger partial charge in [-0.05, 0) is 19.1 Å². The molecule has 0 aliphatic heterocycles. The molecule has 0 radical (unpaired) electrons. The molecular formula is C11H11N3O2. The third-order valence-electron chi connectivity index (χ3n) is 2.15. The quantitative estimate of drug-likeness (QED) is 0.803. The fourth-order valence-electron chi connectivity index (χ4n) is 1.38. The number of hydrogen-bond donors (Lipinski definition) is 2. The van der Waals surface area contributed by atoms with Crippen LogP contribution in [0.25, 0.3) is 0 Å². The smallest absolute Gasteiger partial charge is 0.263 e. The lowest BCUT2D eigenvalue weighted by molar-refractivity contribution is 0.102. The number of carbonyl (C=O) groups excluding carboxylic acids is 1. The van der Waals surface area contributed by atoms with Crippen LogP contribution in [0.1, 0.15) is 16.1 Å². The van der Waals surface area contributed by atoms with Crippen LogP contribution < -0.4 is 11.1 Å². The number of carbonyl (C=O) groups is 1. The first kappa shape index (κ1) is 10.2. The van der Waals surface area contributed by atoms with E-state index in [-0.39, 0.29) is 17.4 Å². The molecule has 1 amide bonds. The van der Waals surface area contributed by atoms with Gasteiger partial charge in [0.25, 0.3) is 5.91 Å². The van der Waals surface area contributed by atoms with Crippen molar-refractivity contribution in [3.05, 3.63) is 41.6 Å². The predicted molar refractivity (Wildman–Crippen MR) is 60.0 cm³/mol. The first-order valence-corrected chi connectivity index (χ1v) is 4.76. The number of aromatic nitrogens is 1. The predicted octanol–water partition coefficient (Wildman–Crippen LogP) is 1.82. The summed E-state index contributed by atoms with van der Waals surface area (Å²) in [7, 11) is 0. The molecule has 0 saturated carbocycles. The molecule has 0 fully saturated rings. The molecular weight excluding hydrogens is 206 g/mol. The van der Waals surface area contributed by atoms with Gasteiger partial charge >= 0.3 is 0 Å². The summed E-state index contributed by atoms with van der Waals surface area (Å²) >= 11 is 0. The van der Waals surface area contributed by atoms with Gasteiger partial charge in [0.1, 0.15) is 5.56 Å². The highest BCUT2D eigenvalue weighted by molar-refractivity contribution is 6.07. The monoisotopic (exact) mass is 217 g/mol. The molecule has 1 heterocycles. The van der Waals surface area contributed by atoms with Crippen molar-refractivity contribution >= 4 is 17.5 Å². The van der Waals surface area contributed by atoms with E-state index in [1.54, 1.807) is 19.1 Å². The van der Waals surface area contributed by atoms with Crippen molar-refractivity contribution in [2.24, 2.45) is 0 Å². The van der Waals surface area contributed by atoms with E-state index < -0.39 is 0 Å². The summed E-state index contributed by atoms with van der Waals surface area (Å²) < 4.78 is 4.72. The third kappa shape index (κ3) is 1.88. The summed E-state index contributed by atoms with van der Waals surface area (Å²) in [6.07, 6.45) is 0. The van der Waals surface area contributed by atoms with Crippen molar-refractivity contribution in [1.29, 1.82) is 0 Å². The number of nitrogen functional groups attached to an aromatic ring is 1.